The van der Waals surface area contributed by atoms with Crippen LogP contribution in [0.2, 0.25) is 0 Å². The Morgan fingerprint density at radius 1 is 1.29 bits per heavy atom. The molecule has 0 atom stereocenters. The van der Waals surface area contributed by atoms with Gasteiger partial charge in [0.2, 0.25) is 0 Å². The van der Waals surface area contributed by atoms with Gasteiger partial charge in [-0.05, 0) is 37.5 Å². The zero-order valence-electron chi connectivity index (χ0n) is 12.6. The minimum Gasteiger partial charge on any atom is -0.325 e. The maximum Gasteiger partial charge on any atom is 0.321 e. The van der Waals surface area contributed by atoms with E-state index < -0.39 is 0 Å². The molecule has 1 fully saturated rings. The molecule has 1 heterocycles. The molecular weight excluding hydrogens is 262 g/mol. The molecule has 1 aliphatic rings. The number of nitrogens with one attached hydrogen (secondary N) is 1. The number of benzene rings is 1. The van der Waals surface area contributed by atoms with E-state index in [4.69, 9.17) is 5.73 Å². The van der Waals surface area contributed by atoms with Gasteiger partial charge in [-0.3, -0.25) is 0 Å². The Hall–Kier alpha value is -1.99. The number of anilines is 1. The summed E-state index contributed by atoms with van der Waals surface area (Å²) in [6.07, 6.45) is 4.59. The highest BCUT2D eigenvalue weighted by molar-refractivity contribution is 5.91. The van der Waals surface area contributed by atoms with Crippen LogP contribution in [0.25, 0.3) is 0 Å². The molecule has 1 saturated heterocycles. The van der Waals surface area contributed by atoms with Gasteiger partial charge >= 0.3 is 6.03 Å². The number of carbonyl (C=O) groups excluding carboxylic acids is 1. The number of hydrogen-bond donors (Lipinski definition) is 2. The summed E-state index contributed by atoms with van der Waals surface area (Å²) >= 11 is 0. The Kier molecular flexibility index (Phi) is 5.65. The summed E-state index contributed by atoms with van der Waals surface area (Å²) in [7, 11) is 0. The van der Waals surface area contributed by atoms with Crippen molar-refractivity contribution in [1.82, 2.24) is 4.90 Å². The van der Waals surface area contributed by atoms with Crippen LogP contribution < -0.4 is 11.1 Å². The average molecular weight is 285 g/mol. The quantitative estimate of drug-likeness (QED) is 0.779. The SMILES string of the molecule is Cc1ccc(NC(=O)N2CCCCCC2)c(C#CCN)c1. The summed E-state index contributed by atoms with van der Waals surface area (Å²) in [6.45, 7) is 3.99. The number of nitrogens with zero attached hydrogens (tertiary/aromatic N) is 1. The maximum atomic E-state index is 12.4. The molecule has 0 spiro atoms. The molecule has 2 amide bonds. The van der Waals surface area contributed by atoms with Gasteiger partial charge in [0, 0.05) is 18.7 Å². The van der Waals surface area contributed by atoms with E-state index in [0.717, 1.165) is 42.7 Å². The first-order chi connectivity index (χ1) is 10.2. The second-order valence-corrected chi connectivity index (χ2v) is 5.39. The summed E-state index contributed by atoms with van der Waals surface area (Å²) in [6, 6.07) is 5.83. The number of carbonyl (C=O) groups is 1. The summed E-state index contributed by atoms with van der Waals surface area (Å²) in [5.74, 6) is 5.87. The molecule has 0 unspecified atom stereocenters. The second kappa shape index (κ2) is 7.70. The fourth-order valence-corrected chi connectivity index (χ4v) is 2.48. The van der Waals surface area contributed by atoms with Gasteiger partial charge in [0.05, 0.1) is 12.2 Å². The Bertz CT molecular complexity index is 549. The molecule has 1 aromatic rings. The number of likely N-dealkylation sites (tertiary alicyclic amines) is 1. The van der Waals surface area contributed by atoms with Gasteiger partial charge in [-0.25, -0.2) is 4.79 Å². The van der Waals surface area contributed by atoms with Crippen molar-refractivity contribution in [3.05, 3.63) is 29.3 Å². The van der Waals surface area contributed by atoms with Crippen LogP contribution in [0.5, 0.6) is 0 Å². The number of hydrogen-bond acceptors (Lipinski definition) is 2. The van der Waals surface area contributed by atoms with Crippen LogP contribution in [0.15, 0.2) is 18.2 Å². The third-order valence-corrected chi connectivity index (χ3v) is 3.64. The van der Waals surface area contributed by atoms with Gasteiger partial charge in [0.1, 0.15) is 0 Å². The van der Waals surface area contributed by atoms with Crippen LogP contribution in [-0.4, -0.2) is 30.6 Å². The van der Waals surface area contributed by atoms with Gasteiger partial charge < -0.3 is 16.0 Å². The smallest absolute Gasteiger partial charge is 0.321 e. The van der Waals surface area contributed by atoms with E-state index in [0.29, 0.717) is 6.54 Å². The third-order valence-electron chi connectivity index (χ3n) is 3.64. The Labute approximate surface area is 126 Å². The molecule has 0 aliphatic carbocycles. The zero-order chi connectivity index (χ0) is 15.1. The molecule has 21 heavy (non-hydrogen) atoms. The molecule has 112 valence electrons. The summed E-state index contributed by atoms with van der Waals surface area (Å²) < 4.78 is 0. The number of aryl methyl sites for hydroxylation is 1. The lowest BCUT2D eigenvalue weighted by molar-refractivity contribution is 0.214. The van der Waals surface area contributed by atoms with Crippen LogP contribution in [0.3, 0.4) is 0 Å². The fraction of sp³-hybridized carbons (Fsp3) is 0.471. The standard InChI is InChI=1S/C17H23N3O/c1-14-8-9-16(15(13-14)7-6-10-18)19-17(21)20-11-4-2-3-5-12-20/h8-9,13H,2-5,10-12,18H2,1H3,(H,19,21). The van der Waals surface area contributed by atoms with Gasteiger partial charge in [-0.2, -0.15) is 0 Å². The topological polar surface area (TPSA) is 58.4 Å². The van der Waals surface area contributed by atoms with Gasteiger partial charge in [-0.1, -0.05) is 30.7 Å². The van der Waals surface area contributed by atoms with Crippen LogP contribution in [-0.2, 0) is 0 Å². The van der Waals surface area contributed by atoms with E-state index in [1.807, 2.05) is 30.0 Å². The zero-order valence-corrected chi connectivity index (χ0v) is 12.6. The van der Waals surface area contributed by atoms with Gasteiger partial charge in [0.25, 0.3) is 0 Å². The van der Waals surface area contributed by atoms with Crippen molar-refractivity contribution < 1.29 is 4.79 Å². The minimum atomic E-state index is -0.0310. The first kappa shape index (κ1) is 15.4. The number of amides is 2. The van der Waals surface area contributed by atoms with Gasteiger partial charge in [-0.15, -0.1) is 0 Å². The summed E-state index contributed by atoms with van der Waals surface area (Å²) in [5, 5.41) is 2.99. The molecule has 0 saturated carbocycles. The van der Waals surface area contributed by atoms with Crippen LogP contribution in [0.4, 0.5) is 10.5 Å². The van der Waals surface area contributed by atoms with Crippen molar-refractivity contribution in [2.75, 3.05) is 25.0 Å². The fourth-order valence-electron chi connectivity index (χ4n) is 2.48. The molecule has 0 aromatic heterocycles. The molecule has 0 radical (unpaired) electrons. The highest BCUT2D eigenvalue weighted by atomic mass is 16.2. The largest absolute Gasteiger partial charge is 0.325 e. The Morgan fingerprint density at radius 2 is 2.00 bits per heavy atom. The van der Waals surface area contributed by atoms with E-state index in [1.165, 1.54) is 12.8 Å². The highest BCUT2D eigenvalue weighted by Crippen LogP contribution is 2.18. The molecular formula is C17H23N3O. The molecule has 0 bridgehead atoms. The van der Waals surface area contributed by atoms with Crippen molar-refractivity contribution in [3.63, 3.8) is 0 Å². The number of rotatable bonds is 1. The predicted molar refractivity (Wildman–Crippen MR) is 86.2 cm³/mol. The lowest BCUT2D eigenvalue weighted by atomic mass is 10.1. The van der Waals surface area contributed by atoms with Crippen LogP contribution >= 0.6 is 0 Å². The molecule has 4 nitrogen and oxygen atoms in total. The van der Waals surface area contributed by atoms with Crippen molar-refractivity contribution in [2.24, 2.45) is 5.73 Å². The molecule has 3 N–H and O–H groups in total. The molecule has 1 aromatic carbocycles. The van der Waals surface area contributed by atoms with Crippen molar-refractivity contribution in [2.45, 2.75) is 32.6 Å². The third kappa shape index (κ3) is 4.51. The first-order valence-electron chi connectivity index (χ1n) is 7.56. The van der Waals surface area contributed by atoms with Crippen LogP contribution in [0.1, 0.15) is 36.8 Å². The lowest BCUT2D eigenvalue weighted by Crippen LogP contribution is -2.35. The lowest BCUT2D eigenvalue weighted by Gasteiger charge is -2.21. The van der Waals surface area contributed by atoms with E-state index >= 15 is 0 Å². The Morgan fingerprint density at radius 3 is 2.67 bits per heavy atom. The monoisotopic (exact) mass is 285 g/mol. The average Bonchev–Trinajstić information content (AvgIpc) is 2.76. The Balaban J connectivity index is 2.12. The predicted octanol–water partition coefficient (Wildman–Crippen LogP) is 2.71. The van der Waals surface area contributed by atoms with E-state index in [-0.39, 0.29) is 6.03 Å². The maximum absolute atomic E-state index is 12.4. The molecule has 1 aliphatic heterocycles. The minimum absolute atomic E-state index is 0.0310. The van der Waals surface area contributed by atoms with Crippen molar-refractivity contribution >= 4 is 11.7 Å². The van der Waals surface area contributed by atoms with E-state index in [9.17, 15) is 4.79 Å². The molecule has 4 heteroatoms. The number of nitrogens with two attached hydrogens (primary N) is 1. The highest BCUT2D eigenvalue weighted by Gasteiger charge is 2.16. The number of urea groups is 1. The normalized spacial score (nSPS) is 14.9. The van der Waals surface area contributed by atoms with Crippen molar-refractivity contribution in [3.8, 4) is 11.8 Å². The van der Waals surface area contributed by atoms with E-state index in [2.05, 4.69) is 17.2 Å². The molecule has 2 rings (SSSR count). The van der Waals surface area contributed by atoms with Crippen molar-refractivity contribution in [1.29, 1.82) is 0 Å². The van der Waals surface area contributed by atoms with Gasteiger partial charge in [0.15, 0.2) is 0 Å². The second-order valence-electron chi connectivity index (χ2n) is 5.39. The van der Waals surface area contributed by atoms with E-state index in [1.54, 1.807) is 0 Å². The summed E-state index contributed by atoms with van der Waals surface area (Å²) in [4.78, 5) is 14.3. The van der Waals surface area contributed by atoms with Crippen LogP contribution in [0, 0.1) is 18.8 Å². The first-order valence-corrected chi connectivity index (χ1v) is 7.56. The summed E-state index contributed by atoms with van der Waals surface area (Å²) in [5.41, 5.74) is 8.13.